The SMILES string of the molecule is CCCCN1C(=O)C2=C(c3ccc(OC)n3C)N(CCCC)C(=O)C2=C1c1ccc(OC)n1C. The van der Waals surface area contributed by atoms with E-state index in [9.17, 15) is 9.59 Å². The lowest BCUT2D eigenvalue weighted by Gasteiger charge is -2.25. The summed E-state index contributed by atoms with van der Waals surface area (Å²) in [7, 11) is 7.02. The molecule has 182 valence electrons. The van der Waals surface area contributed by atoms with Gasteiger partial charge in [-0.15, -0.1) is 0 Å². The number of amides is 2. The maximum atomic E-state index is 14.0. The molecule has 0 unspecified atom stereocenters. The van der Waals surface area contributed by atoms with Gasteiger partial charge in [0.1, 0.15) is 0 Å². The van der Waals surface area contributed by atoms with Crippen LogP contribution >= 0.6 is 0 Å². The molecule has 0 radical (unpaired) electrons. The van der Waals surface area contributed by atoms with Crippen molar-refractivity contribution in [2.75, 3.05) is 27.3 Å². The molecule has 0 N–H and O–H groups in total. The Hall–Kier alpha value is -3.42. The number of ether oxygens (including phenoxy) is 2. The molecule has 34 heavy (non-hydrogen) atoms. The quantitative estimate of drug-likeness (QED) is 0.534. The predicted octanol–water partition coefficient (Wildman–Crippen LogP) is 3.79. The van der Waals surface area contributed by atoms with Crippen molar-refractivity contribution in [2.24, 2.45) is 14.1 Å². The molecule has 4 rings (SSSR count). The van der Waals surface area contributed by atoms with Gasteiger partial charge in [0.15, 0.2) is 11.8 Å². The molecule has 0 fully saturated rings. The molecule has 0 saturated carbocycles. The van der Waals surface area contributed by atoms with Crippen molar-refractivity contribution in [1.82, 2.24) is 18.9 Å². The fourth-order valence-electron chi connectivity index (χ4n) is 4.86. The van der Waals surface area contributed by atoms with Crippen molar-refractivity contribution in [3.63, 3.8) is 0 Å². The Kier molecular flexibility index (Phi) is 6.59. The van der Waals surface area contributed by atoms with Gasteiger partial charge in [-0.05, 0) is 25.0 Å². The van der Waals surface area contributed by atoms with Gasteiger partial charge in [-0.1, -0.05) is 26.7 Å². The topological polar surface area (TPSA) is 68.9 Å². The maximum Gasteiger partial charge on any atom is 0.261 e. The van der Waals surface area contributed by atoms with Crippen LogP contribution in [0, 0.1) is 0 Å². The molecule has 2 aromatic heterocycles. The molecule has 0 saturated heterocycles. The number of unbranched alkanes of at least 4 members (excludes halogenated alkanes) is 2. The van der Waals surface area contributed by atoms with E-state index in [0.29, 0.717) is 47.4 Å². The summed E-state index contributed by atoms with van der Waals surface area (Å²) in [5.41, 5.74) is 3.89. The molecular formula is C26H34N4O4. The van der Waals surface area contributed by atoms with Crippen LogP contribution in [0.3, 0.4) is 0 Å². The zero-order valence-electron chi connectivity index (χ0n) is 21.0. The number of rotatable bonds is 10. The Bertz CT molecular complexity index is 1090. The van der Waals surface area contributed by atoms with Gasteiger partial charge in [-0.2, -0.15) is 0 Å². The highest BCUT2D eigenvalue weighted by Crippen LogP contribution is 2.47. The van der Waals surface area contributed by atoms with Crippen LogP contribution in [0.25, 0.3) is 11.4 Å². The van der Waals surface area contributed by atoms with E-state index >= 15 is 0 Å². The Morgan fingerprint density at radius 3 is 1.35 bits per heavy atom. The molecule has 2 aromatic rings. The van der Waals surface area contributed by atoms with Crippen molar-refractivity contribution in [3.8, 4) is 11.8 Å². The van der Waals surface area contributed by atoms with Crippen LogP contribution in [0.5, 0.6) is 11.8 Å². The summed E-state index contributed by atoms with van der Waals surface area (Å²) >= 11 is 0. The fraction of sp³-hybridized carbons (Fsp3) is 0.462. The number of fused-ring (bicyclic) bond motifs is 1. The zero-order chi connectivity index (χ0) is 24.6. The van der Waals surface area contributed by atoms with Crippen molar-refractivity contribution in [3.05, 3.63) is 46.8 Å². The Labute approximate surface area is 201 Å². The van der Waals surface area contributed by atoms with Crippen LogP contribution in [-0.4, -0.2) is 58.1 Å². The summed E-state index contributed by atoms with van der Waals surface area (Å²) in [5.74, 6) is 1.09. The monoisotopic (exact) mass is 466 g/mol. The summed E-state index contributed by atoms with van der Waals surface area (Å²) in [5, 5.41) is 0. The van der Waals surface area contributed by atoms with Crippen LogP contribution < -0.4 is 9.47 Å². The van der Waals surface area contributed by atoms with Crippen molar-refractivity contribution in [2.45, 2.75) is 39.5 Å². The minimum absolute atomic E-state index is 0.124. The summed E-state index contributed by atoms with van der Waals surface area (Å²) in [6.07, 6.45) is 3.58. The van der Waals surface area contributed by atoms with E-state index in [2.05, 4.69) is 13.8 Å². The molecule has 0 spiro atoms. The number of methoxy groups -OCH3 is 2. The third-order valence-corrected chi connectivity index (χ3v) is 6.71. The average Bonchev–Trinajstić information content (AvgIpc) is 3.54. The zero-order valence-corrected chi connectivity index (χ0v) is 21.0. The van der Waals surface area contributed by atoms with Gasteiger partial charge in [0.2, 0.25) is 0 Å². The van der Waals surface area contributed by atoms with Gasteiger partial charge in [-0.3, -0.25) is 9.59 Å². The fourth-order valence-corrected chi connectivity index (χ4v) is 4.86. The minimum Gasteiger partial charge on any atom is -0.482 e. The smallest absolute Gasteiger partial charge is 0.261 e. The molecule has 8 heteroatoms. The third-order valence-electron chi connectivity index (χ3n) is 6.71. The van der Waals surface area contributed by atoms with Crippen LogP contribution in [0.4, 0.5) is 0 Å². The maximum absolute atomic E-state index is 14.0. The molecule has 0 atom stereocenters. The van der Waals surface area contributed by atoms with Crippen molar-refractivity contribution >= 4 is 23.2 Å². The molecular weight excluding hydrogens is 432 g/mol. The van der Waals surface area contributed by atoms with E-state index in [-0.39, 0.29) is 11.8 Å². The van der Waals surface area contributed by atoms with E-state index in [1.807, 2.05) is 47.5 Å². The second-order valence-electron chi connectivity index (χ2n) is 8.71. The summed E-state index contributed by atoms with van der Waals surface area (Å²) in [4.78, 5) is 31.5. The highest BCUT2D eigenvalue weighted by molar-refractivity contribution is 6.30. The van der Waals surface area contributed by atoms with Gasteiger partial charge in [-0.25, -0.2) is 0 Å². The van der Waals surface area contributed by atoms with Crippen LogP contribution in [0.15, 0.2) is 35.4 Å². The summed E-state index contributed by atoms with van der Waals surface area (Å²) < 4.78 is 14.7. The second-order valence-corrected chi connectivity index (χ2v) is 8.71. The van der Waals surface area contributed by atoms with E-state index in [0.717, 1.165) is 37.1 Å². The van der Waals surface area contributed by atoms with E-state index in [1.165, 1.54) is 0 Å². The van der Waals surface area contributed by atoms with Gasteiger partial charge in [0.25, 0.3) is 11.8 Å². The number of hydrogen-bond donors (Lipinski definition) is 0. The number of nitrogens with zero attached hydrogens (tertiary/aromatic N) is 4. The lowest BCUT2D eigenvalue weighted by atomic mass is 10.1. The highest BCUT2D eigenvalue weighted by atomic mass is 16.5. The summed E-state index contributed by atoms with van der Waals surface area (Å²) in [6.45, 7) is 5.30. The number of hydrogen-bond acceptors (Lipinski definition) is 4. The number of aromatic nitrogens is 2. The lowest BCUT2D eigenvalue weighted by molar-refractivity contribution is -0.124. The largest absolute Gasteiger partial charge is 0.482 e. The highest BCUT2D eigenvalue weighted by Gasteiger charge is 2.49. The van der Waals surface area contributed by atoms with Crippen LogP contribution in [-0.2, 0) is 23.7 Å². The first-order chi connectivity index (χ1) is 16.4. The minimum atomic E-state index is -0.124. The first-order valence-electron chi connectivity index (χ1n) is 11.9. The molecule has 2 amide bonds. The van der Waals surface area contributed by atoms with Gasteiger partial charge in [0.05, 0.1) is 48.1 Å². The van der Waals surface area contributed by atoms with E-state index in [4.69, 9.17) is 9.47 Å². The molecule has 8 nitrogen and oxygen atoms in total. The molecule has 2 aliphatic heterocycles. The van der Waals surface area contributed by atoms with E-state index < -0.39 is 0 Å². The third kappa shape index (κ3) is 3.52. The normalized spacial score (nSPS) is 15.8. The van der Waals surface area contributed by atoms with Gasteiger partial charge in [0, 0.05) is 39.3 Å². The molecule has 2 aliphatic rings. The second kappa shape index (κ2) is 9.44. The van der Waals surface area contributed by atoms with E-state index in [1.54, 1.807) is 24.0 Å². The van der Waals surface area contributed by atoms with Gasteiger partial charge >= 0.3 is 0 Å². The Morgan fingerprint density at radius 1 is 0.676 bits per heavy atom. The lowest BCUT2D eigenvalue weighted by Crippen LogP contribution is -2.31. The molecule has 0 aromatic carbocycles. The van der Waals surface area contributed by atoms with Gasteiger partial charge < -0.3 is 28.4 Å². The predicted molar refractivity (Wildman–Crippen MR) is 131 cm³/mol. The summed E-state index contributed by atoms with van der Waals surface area (Å²) in [6, 6.07) is 7.57. The standard InChI is InChI=1S/C26H34N4O4/c1-7-9-15-29-23(17-11-13-19(33-5)27(17)3)21-22(25(29)31)24(30(26(21)32)16-10-8-2)18-12-14-20(34-6)28(18)4/h11-14H,7-10,15-16H2,1-6H3. The Balaban J connectivity index is 1.99. The Morgan fingerprint density at radius 2 is 1.06 bits per heavy atom. The first kappa shape index (κ1) is 23.7. The molecule has 0 bridgehead atoms. The first-order valence-corrected chi connectivity index (χ1v) is 11.9. The van der Waals surface area contributed by atoms with Crippen molar-refractivity contribution < 1.29 is 19.1 Å². The molecule has 0 aliphatic carbocycles. The average molecular weight is 467 g/mol. The van der Waals surface area contributed by atoms with Crippen molar-refractivity contribution in [1.29, 1.82) is 0 Å². The van der Waals surface area contributed by atoms with Crippen LogP contribution in [0.2, 0.25) is 0 Å². The van der Waals surface area contributed by atoms with Crippen LogP contribution in [0.1, 0.15) is 50.9 Å². The number of carbonyl (C=O) groups is 2. The molecule has 4 heterocycles. The number of carbonyl (C=O) groups excluding carboxylic acids is 2.